The maximum absolute atomic E-state index is 5.58. The van der Waals surface area contributed by atoms with Gasteiger partial charge in [0.05, 0.1) is 0 Å². The Morgan fingerprint density at radius 3 is 2.75 bits per heavy atom. The fourth-order valence-corrected chi connectivity index (χ4v) is 2.84. The van der Waals surface area contributed by atoms with Gasteiger partial charge in [0, 0.05) is 33.4 Å². The lowest BCUT2D eigenvalue weighted by Crippen LogP contribution is -2.37. The Morgan fingerprint density at radius 1 is 1.21 bits per heavy atom. The van der Waals surface area contributed by atoms with Crippen molar-refractivity contribution in [2.45, 2.75) is 46.1 Å². The number of aryl methyl sites for hydroxylation is 2. The molecule has 2 rings (SSSR count). The molecule has 0 amide bonds. The van der Waals surface area contributed by atoms with Crippen molar-refractivity contribution in [3.8, 4) is 0 Å². The van der Waals surface area contributed by atoms with Gasteiger partial charge in [-0.2, -0.15) is 0 Å². The van der Waals surface area contributed by atoms with Crippen molar-refractivity contribution in [1.29, 1.82) is 0 Å². The smallest absolute Gasteiger partial charge is 0.191 e. The van der Waals surface area contributed by atoms with E-state index in [4.69, 9.17) is 4.74 Å². The van der Waals surface area contributed by atoms with E-state index in [9.17, 15) is 0 Å². The van der Waals surface area contributed by atoms with Gasteiger partial charge in [-0.15, -0.1) is 24.0 Å². The largest absolute Gasteiger partial charge is 0.381 e. The van der Waals surface area contributed by atoms with Gasteiger partial charge >= 0.3 is 0 Å². The number of fused-ring (bicyclic) bond motifs is 1. The lowest BCUT2D eigenvalue weighted by molar-refractivity contribution is 0.108. The summed E-state index contributed by atoms with van der Waals surface area (Å²) in [5.41, 5.74) is 4.38. The molecule has 0 saturated carbocycles. The van der Waals surface area contributed by atoms with Crippen LogP contribution in [0.1, 0.15) is 43.4 Å². The van der Waals surface area contributed by atoms with Crippen LogP contribution in [0.4, 0.5) is 0 Å². The van der Waals surface area contributed by atoms with Crippen LogP contribution in [0.2, 0.25) is 0 Å². The van der Waals surface area contributed by atoms with Crippen molar-refractivity contribution >= 4 is 29.9 Å². The predicted octanol–water partition coefficient (Wildman–Crippen LogP) is 3.52. The standard InChI is InChI=1S/C19H31N3O.HI/c1-15(2)14-23-11-5-10-21-19(20-3)22-13-16-8-9-17-6-4-7-18(17)12-16;/h8-9,12,15H,4-7,10-11,13-14H2,1-3H3,(H2,20,21,22);1H. The number of hydrogen-bond donors (Lipinski definition) is 2. The number of guanidine groups is 1. The molecule has 0 atom stereocenters. The molecule has 0 unspecified atom stereocenters. The highest BCUT2D eigenvalue weighted by Gasteiger charge is 2.10. The first-order chi connectivity index (χ1) is 11.2. The fraction of sp³-hybridized carbons (Fsp3) is 0.632. The average molecular weight is 445 g/mol. The average Bonchev–Trinajstić information content (AvgIpc) is 3.00. The van der Waals surface area contributed by atoms with Crippen molar-refractivity contribution in [2.24, 2.45) is 10.9 Å². The van der Waals surface area contributed by atoms with E-state index in [0.29, 0.717) is 5.92 Å². The Kier molecular flexibility index (Phi) is 10.3. The van der Waals surface area contributed by atoms with Gasteiger partial charge in [-0.25, -0.2) is 0 Å². The predicted molar refractivity (Wildman–Crippen MR) is 112 cm³/mol. The number of nitrogens with zero attached hydrogens (tertiary/aromatic N) is 1. The molecule has 0 spiro atoms. The first-order valence-electron chi connectivity index (χ1n) is 8.82. The van der Waals surface area contributed by atoms with Gasteiger partial charge in [0.15, 0.2) is 5.96 Å². The normalized spacial score (nSPS) is 13.6. The molecule has 0 radical (unpaired) electrons. The molecule has 0 heterocycles. The molecule has 0 aliphatic heterocycles. The Morgan fingerprint density at radius 2 is 2.00 bits per heavy atom. The molecule has 1 aliphatic rings. The van der Waals surface area contributed by atoms with Crippen LogP contribution in [0, 0.1) is 5.92 Å². The SMILES string of the molecule is CN=C(NCCCOCC(C)C)NCc1ccc2c(c1)CCC2.I. The summed E-state index contributed by atoms with van der Waals surface area (Å²) in [6, 6.07) is 6.84. The van der Waals surface area contributed by atoms with E-state index >= 15 is 0 Å². The number of rotatable bonds is 8. The summed E-state index contributed by atoms with van der Waals surface area (Å²) in [4.78, 5) is 4.28. The highest BCUT2D eigenvalue weighted by atomic mass is 127. The van der Waals surface area contributed by atoms with Gasteiger partial charge in [0.1, 0.15) is 0 Å². The monoisotopic (exact) mass is 445 g/mol. The molecule has 0 saturated heterocycles. The van der Waals surface area contributed by atoms with Crippen molar-refractivity contribution in [3.05, 3.63) is 34.9 Å². The number of hydrogen-bond acceptors (Lipinski definition) is 2. The molecule has 1 aliphatic carbocycles. The summed E-state index contributed by atoms with van der Waals surface area (Å²) >= 11 is 0. The first kappa shape index (κ1) is 21.2. The Hall–Kier alpha value is -0.820. The van der Waals surface area contributed by atoms with Crippen LogP contribution < -0.4 is 10.6 Å². The third-order valence-electron chi connectivity index (χ3n) is 4.06. The third-order valence-corrected chi connectivity index (χ3v) is 4.06. The maximum atomic E-state index is 5.58. The van der Waals surface area contributed by atoms with E-state index < -0.39 is 0 Å². The number of aliphatic imine (C=N–C) groups is 1. The zero-order valence-electron chi connectivity index (χ0n) is 15.2. The number of benzene rings is 1. The van der Waals surface area contributed by atoms with Crippen molar-refractivity contribution < 1.29 is 4.74 Å². The van der Waals surface area contributed by atoms with Crippen LogP contribution in [0.3, 0.4) is 0 Å². The van der Waals surface area contributed by atoms with Crippen LogP contribution in [-0.2, 0) is 24.1 Å². The van der Waals surface area contributed by atoms with Crippen LogP contribution in [0.25, 0.3) is 0 Å². The second-order valence-electron chi connectivity index (χ2n) is 6.63. The van der Waals surface area contributed by atoms with Crippen LogP contribution in [-0.4, -0.2) is 32.8 Å². The van der Waals surface area contributed by atoms with Crippen molar-refractivity contribution in [2.75, 3.05) is 26.8 Å². The highest BCUT2D eigenvalue weighted by Crippen LogP contribution is 2.22. The summed E-state index contributed by atoms with van der Waals surface area (Å²) in [7, 11) is 1.81. The molecular formula is C19H32IN3O. The topological polar surface area (TPSA) is 45.7 Å². The second kappa shape index (κ2) is 11.7. The number of nitrogens with one attached hydrogen (secondary N) is 2. The lowest BCUT2D eigenvalue weighted by atomic mass is 10.1. The summed E-state index contributed by atoms with van der Waals surface area (Å²) in [6.45, 7) is 7.67. The van der Waals surface area contributed by atoms with Crippen LogP contribution in [0.5, 0.6) is 0 Å². The molecule has 1 aromatic carbocycles. The molecule has 24 heavy (non-hydrogen) atoms. The fourth-order valence-electron chi connectivity index (χ4n) is 2.84. The Balaban J connectivity index is 0.00000288. The third kappa shape index (κ3) is 7.38. The van der Waals surface area contributed by atoms with Gasteiger partial charge in [-0.1, -0.05) is 32.0 Å². The number of ether oxygens (including phenoxy) is 1. The minimum absolute atomic E-state index is 0. The van der Waals surface area contributed by atoms with E-state index in [1.807, 2.05) is 7.05 Å². The quantitative estimate of drug-likeness (QED) is 0.279. The minimum Gasteiger partial charge on any atom is -0.381 e. The minimum atomic E-state index is 0. The Bertz CT molecular complexity index is 517. The molecular weight excluding hydrogens is 413 g/mol. The zero-order valence-corrected chi connectivity index (χ0v) is 17.6. The summed E-state index contributed by atoms with van der Waals surface area (Å²) < 4.78 is 5.58. The first-order valence-corrected chi connectivity index (χ1v) is 8.82. The van der Waals surface area contributed by atoms with E-state index in [-0.39, 0.29) is 24.0 Å². The van der Waals surface area contributed by atoms with E-state index in [1.54, 1.807) is 0 Å². The number of halogens is 1. The molecule has 4 nitrogen and oxygen atoms in total. The molecule has 0 aromatic heterocycles. The molecule has 1 aromatic rings. The zero-order chi connectivity index (χ0) is 16.5. The van der Waals surface area contributed by atoms with Crippen LogP contribution in [0.15, 0.2) is 23.2 Å². The summed E-state index contributed by atoms with van der Waals surface area (Å²) in [6.07, 6.45) is 4.76. The Labute approximate surface area is 163 Å². The lowest BCUT2D eigenvalue weighted by Gasteiger charge is -2.13. The molecule has 0 fully saturated rings. The van der Waals surface area contributed by atoms with Gasteiger partial charge in [-0.3, -0.25) is 4.99 Å². The molecule has 2 N–H and O–H groups in total. The summed E-state index contributed by atoms with van der Waals surface area (Å²) in [5.74, 6) is 1.46. The van der Waals surface area contributed by atoms with Gasteiger partial charge in [0.2, 0.25) is 0 Å². The van der Waals surface area contributed by atoms with Crippen molar-refractivity contribution in [1.82, 2.24) is 10.6 Å². The molecule has 5 heteroatoms. The summed E-state index contributed by atoms with van der Waals surface area (Å²) in [5, 5.41) is 6.72. The van der Waals surface area contributed by atoms with Crippen LogP contribution >= 0.6 is 24.0 Å². The van der Waals surface area contributed by atoms with E-state index in [2.05, 4.69) is 47.7 Å². The maximum Gasteiger partial charge on any atom is 0.191 e. The van der Waals surface area contributed by atoms with Crippen molar-refractivity contribution in [3.63, 3.8) is 0 Å². The van der Waals surface area contributed by atoms with Gasteiger partial charge in [-0.05, 0) is 48.3 Å². The molecule has 136 valence electrons. The highest BCUT2D eigenvalue weighted by molar-refractivity contribution is 14.0. The van der Waals surface area contributed by atoms with Gasteiger partial charge in [0.25, 0.3) is 0 Å². The van der Waals surface area contributed by atoms with E-state index in [0.717, 1.165) is 38.7 Å². The second-order valence-corrected chi connectivity index (χ2v) is 6.63. The van der Waals surface area contributed by atoms with Gasteiger partial charge < -0.3 is 15.4 Å². The molecule has 0 bridgehead atoms. The van der Waals surface area contributed by atoms with E-state index in [1.165, 1.54) is 36.0 Å².